The number of nitrogens with two attached hydrogens (primary N) is 1. The first-order chi connectivity index (χ1) is 17.7. The number of Topliss-reactive ketones (excluding diaryl/α,β-unsaturated/α-hetero) is 1. The first-order valence-electron chi connectivity index (χ1n) is 12.3. The quantitative estimate of drug-likeness (QED) is 0.450. The Labute approximate surface area is 221 Å². The van der Waals surface area contributed by atoms with E-state index < -0.39 is 18.2 Å². The molecule has 0 saturated heterocycles. The molecule has 0 saturated carbocycles. The van der Waals surface area contributed by atoms with Gasteiger partial charge in [-0.1, -0.05) is 81.4 Å². The standard InChI is InChI=1S/C27H34N2O2.C2HF3O2/c1-27(2,3)26(28)24(30)17-21(14-13-20-9-5-4-6-10-20)15-16-25(31)29-18-22-11-7-8-12-23(22)19-29;3-2(4,5)1(6)7/h4-12,15-16,21,26H,13-14,17-19,28H2,1-3H3;(H,6,7)/b16-15+;/t21-,26+;/m0./s1. The van der Waals surface area contributed by atoms with Crippen LogP contribution in [-0.4, -0.2) is 39.9 Å². The van der Waals surface area contributed by atoms with Crippen LogP contribution in [0.1, 0.15) is 50.3 Å². The maximum Gasteiger partial charge on any atom is 0.490 e. The summed E-state index contributed by atoms with van der Waals surface area (Å²) >= 11 is 0. The number of carboxylic acid groups (broad SMARTS) is 1. The van der Waals surface area contributed by atoms with Crippen LogP contribution in [0.25, 0.3) is 0 Å². The van der Waals surface area contributed by atoms with Crippen molar-refractivity contribution in [3.63, 3.8) is 0 Å². The van der Waals surface area contributed by atoms with Crippen molar-refractivity contribution in [1.29, 1.82) is 0 Å². The summed E-state index contributed by atoms with van der Waals surface area (Å²) in [6.07, 6.45) is 0.502. The minimum atomic E-state index is -5.08. The van der Waals surface area contributed by atoms with Crippen LogP contribution in [-0.2, 0) is 33.9 Å². The van der Waals surface area contributed by atoms with Gasteiger partial charge in [-0.3, -0.25) is 9.59 Å². The van der Waals surface area contributed by atoms with E-state index in [0.717, 1.165) is 12.8 Å². The van der Waals surface area contributed by atoms with E-state index in [9.17, 15) is 22.8 Å². The maximum absolute atomic E-state index is 12.8. The van der Waals surface area contributed by atoms with E-state index >= 15 is 0 Å². The molecule has 2 aromatic rings. The molecule has 1 heterocycles. The van der Waals surface area contributed by atoms with Crippen molar-refractivity contribution >= 4 is 17.7 Å². The van der Waals surface area contributed by atoms with Gasteiger partial charge >= 0.3 is 12.1 Å². The maximum atomic E-state index is 12.8. The number of nitrogens with zero attached hydrogens (tertiary/aromatic N) is 1. The fourth-order valence-corrected chi connectivity index (χ4v) is 3.94. The van der Waals surface area contributed by atoms with Gasteiger partial charge in [-0.05, 0) is 46.9 Å². The largest absolute Gasteiger partial charge is 0.490 e. The summed E-state index contributed by atoms with van der Waals surface area (Å²) < 4.78 is 31.7. The van der Waals surface area contributed by atoms with Crippen molar-refractivity contribution in [2.24, 2.45) is 17.1 Å². The van der Waals surface area contributed by atoms with Crippen molar-refractivity contribution in [2.45, 2.75) is 65.3 Å². The molecule has 38 heavy (non-hydrogen) atoms. The molecule has 0 fully saturated rings. The van der Waals surface area contributed by atoms with E-state index in [4.69, 9.17) is 15.6 Å². The van der Waals surface area contributed by atoms with Gasteiger partial charge < -0.3 is 15.7 Å². The van der Waals surface area contributed by atoms with Gasteiger partial charge in [-0.25, -0.2) is 4.79 Å². The highest BCUT2D eigenvalue weighted by Crippen LogP contribution is 2.25. The number of halogens is 3. The van der Waals surface area contributed by atoms with E-state index in [2.05, 4.69) is 24.3 Å². The van der Waals surface area contributed by atoms with Crippen LogP contribution in [0.5, 0.6) is 0 Å². The molecule has 1 aliphatic rings. The van der Waals surface area contributed by atoms with Crippen molar-refractivity contribution in [3.05, 3.63) is 83.4 Å². The molecule has 0 aromatic heterocycles. The highest BCUT2D eigenvalue weighted by atomic mass is 19.4. The molecule has 3 N–H and O–H groups in total. The van der Waals surface area contributed by atoms with Crippen LogP contribution < -0.4 is 5.73 Å². The molecule has 206 valence electrons. The topological polar surface area (TPSA) is 101 Å². The zero-order valence-electron chi connectivity index (χ0n) is 21.9. The Hall–Kier alpha value is -3.46. The molecule has 1 amide bonds. The number of carboxylic acids is 1. The molecule has 2 atom stereocenters. The minimum Gasteiger partial charge on any atom is -0.475 e. The van der Waals surface area contributed by atoms with Gasteiger partial charge in [-0.2, -0.15) is 13.2 Å². The molecule has 6 nitrogen and oxygen atoms in total. The second-order valence-corrected chi connectivity index (χ2v) is 10.4. The predicted octanol–water partition coefficient (Wildman–Crippen LogP) is 5.30. The molecule has 0 unspecified atom stereocenters. The van der Waals surface area contributed by atoms with Gasteiger partial charge in [0.25, 0.3) is 0 Å². The van der Waals surface area contributed by atoms with Crippen molar-refractivity contribution in [3.8, 4) is 0 Å². The third kappa shape index (κ3) is 9.78. The van der Waals surface area contributed by atoms with Crippen LogP contribution in [0.2, 0.25) is 0 Å². The van der Waals surface area contributed by atoms with Crippen LogP contribution in [0.4, 0.5) is 13.2 Å². The highest BCUT2D eigenvalue weighted by Gasteiger charge is 2.38. The molecule has 2 aromatic carbocycles. The smallest absolute Gasteiger partial charge is 0.475 e. The molecule has 0 spiro atoms. The summed E-state index contributed by atoms with van der Waals surface area (Å²) in [6.45, 7) is 7.24. The molecule has 3 rings (SSSR count). The fraction of sp³-hybridized carbons (Fsp3) is 0.414. The average Bonchev–Trinajstić information content (AvgIpc) is 3.29. The zero-order chi connectivity index (χ0) is 28.5. The summed E-state index contributed by atoms with van der Waals surface area (Å²) in [5, 5.41) is 7.12. The average molecular weight is 533 g/mol. The van der Waals surface area contributed by atoms with Crippen LogP contribution in [0.3, 0.4) is 0 Å². The lowest BCUT2D eigenvalue weighted by atomic mass is 9.81. The first-order valence-corrected chi connectivity index (χ1v) is 12.3. The van der Waals surface area contributed by atoms with Crippen molar-refractivity contribution < 1.29 is 32.7 Å². The number of carbonyl (C=O) groups is 3. The van der Waals surface area contributed by atoms with Gasteiger partial charge in [0, 0.05) is 19.5 Å². The molecular formula is C29H35F3N2O4. The van der Waals surface area contributed by atoms with E-state index in [0.29, 0.717) is 19.5 Å². The Kier molecular flexibility index (Phi) is 10.8. The number of rotatable bonds is 8. The number of allylic oxidation sites excluding steroid dienone is 1. The summed E-state index contributed by atoms with van der Waals surface area (Å²) in [5.74, 6) is -2.73. The van der Waals surface area contributed by atoms with Gasteiger partial charge in [0.2, 0.25) is 5.91 Å². The molecule has 0 aliphatic carbocycles. The lowest BCUT2D eigenvalue weighted by molar-refractivity contribution is -0.192. The number of aryl methyl sites for hydroxylation is 1. The number of hydrogen-bond donors (Lipinski definition) is 2. The Bertz CT molecular complexity index is 1100. The summed E-state index contributed by atoms with van der Waals surface area (Å²) in [4.78, 5) is 36.3. The number of hydrogen-bond acceptors (Lipinski definition) is 4. The number of amides is 1. The molecule has 1 aliphatic heterocycles. The predicted molar refractivity (Wildman–Crippen MR) is 139 cm³/mol. The summed E-state index contributed by atoms with van der Waals surface area (Å²) in [5.41, 5.74) is 9.57. The Morgan fingerprint density at radius 3 is 1.95 bits per heavy atom. The van der Waals surface area contributed by atoms with Crippen molar-refractivity contribution in [1.82, 2.24) is 4.90 Å². The van der Waals surface area contributed by atoms with E-state index in [1.165, 1.54) is 16.7 Å². The minimum absolute atomic E-state index is 0.00604. The zero-order valence-corrected chi connectivity index (χ0v) is 21.9. The Morgan fingerprint density at radius 2 is 1.47 bits per heavy atom. The monoisotopic (exact) mass is 532 g/mol. The number of benzene rings is 2. The van der Waals surface area contributed by atoms with Gasteiger partial charge in [0.15, 0.2) is 5.78 Å². The summed E-state index contributed by atoms with van der Waals surface area (Å²) in [6, 6.07) is 17.9. The van der Waals surface area contributed by atoms with E-state index in [-0.39, 0.29) is 23.0 Å². The lowest BCUT2D eigenvalue weighted by Gasteiger charge is -2.27. The van der Waals surface area contributed by atoms with E-state index in [1.54, 1.807) is 6.08 Å². The van der Waals surface area contributed by atoms with Crippen LogP contribution in [0, 0.1) is 11.3 Å². The van der Waals surface area contributed by atoms with Crippen LogP contribution in [0.15, 0.2) is 66.7 Å². The normalized spacial score (nSPS) is 14.9. The molecular weight excluding hydrogens is 497 g/mol. The van der Waals surface area contributed by atoms with Gasteiger partial charge in [-0.15, -0.1) is 0 Å². The second-order valence-electron chi connectivity index (χ2n) is 10.4. The third-order valence-electron chi connectivity index (χ3n) is 6.30. The van der Waals surface area contributed by atoms with Crippen molar-refractivity contribution in [2.75, 3.05) is 0 Å². The molecule has 0 radical (unpaired) electrons. The highest BCUT2D eigenvalue weighted by molar-refractivity contribution is 5.88. The van der Waals surface area contributed by atoms with Gasteiger partial charge in [0.05, 0.1) is 6.04 Å². The number of aliphatic carboxylic acids is 1. The van der Waals surface area contributed by atoms with Gasteiger partial charge in [0.1, 0.15) is 0 Å². The summed E-state index contributed by atoms with van der Waals surface area (Å²) in [7, 11) is 0. The number of carbonyl (C=O) groups excluding carboxylic acids is 2. The lowest BCUT2D eigenvalue weighted by Crippen LogP contribution is -2.42. The third-order valence-corrected chi connectivity index (χ3v) is 6.30. The van der Waals surface area contributed by atoms with E-state index in [1.807, 2.05) is 62.1 Å². The second kappa shape index (κ2) is 13.4. The Morgan fingerprint density at radius 1 is 0.974 bits per heavy atom. The first kappa shape index (κ1) is 30.8. The number of fused-ring (bicyclic) bond motifs is 1. The fourth-order valence-electron chi connectivity index (χ4n) is 3.94. The Balaban J connectivity index is 0.000000638. The number of ketones is 1. The van der Waals surface area contributed by atoms with Crippen LogP contribution >= 0.6 is 0 Å². The SMILES string of the molecule is CC(C)(C)[C@H](N)C(=O)C[C@H](/C=C/C(=O)N1Cc2ccccc2C1)CCc1ccccc1.O=C(O)C(F)(F)F. The molecule has 0 bridgehead atoms. The number of alkyl halides is 3. The molecule has 9 heteroatoms.